The molecular weight excluding hydrogens is 364 g/mol. The van der Waals surface area contributed by atoms with Gasteiger partial charge in [0.25, 0.3) is 0 Å². The molecule has 3 rings (SSSR count). The molecule has 0 spiro atoms. The molecule has 1 aromatic carbocycles. The summed E-state index contributed by atoms with van der Waals surface area (Å²) >= 11 is 2.99. The first-order chi connectivity index (χ1) is 9.91. The topological polar surface area (TPSA) is 37.4 Å². The summed E-state index contributed by atoms with van der Waals surface area (Å²) in [6.07, 6.45) is 4.69. The van der Waals surface area contributed by atoms with Crippen LogP contribution in [0.1, 0.15) is 32.1 Å². The Morgan fingerprint density at radius 2 is 1.86 bits per heavy atom. The molecule has 0 aromatic heterocycles. The number of fused-ring (bicyclic) bond motifs is 1. The fourth-order valence-electron chi connectivity index (χ4n) is 3.60. The third-order valence-electron chi connectivity index (χ3n) is 4.47. The van der Waals surface area contributed by atoms with E-state index < -0.39 is 26.6 Å². The number of rotatable bonds is 2. The quantitative estimate of drug-likeness (QED) is 0.785. The van der Waals surface area contributed by atoms with Crippen LogP contribution < -0.4 is 0 Å². The molecule has 7 heteroatoms. The van der Waals surface area contributed by atoms with Crippen molar-refractivity contribution in [3.63, 3.8) is 0 Å². The van der Waals surface area contributed by atoms with Crippen LogP contribution in [0.15, 0.2) is 21.5 Å². The summed E-state index contributed by atoms with van der Waals surface area (Å²) in [7, 11) is -3.95. The highest BCUT2D eigenvalue weighted by molar-refractivity contribution is 9.10. The normalized spacial score (nSPS) is 26.8. The van der Waals surface area contributed by atoms with Gasteiger partial charge in [-0.3, -0.25) is 0 Å². The molecule has 1 aromatic rings. The fourth-order valence-corrected chi connectivity index (χ4v) is 6.47. The lowest BCUT2D eigenvalue weighted by Crippen LogP contribution is -2.46. The van der Waals surface area contributed by atoms with E-state index in [0.29, 0.717) is 18.5 Å². The molecule has 2 fully saturated rings. The van der Waals surface area contributed by atoms with Gasteiger partial charge < -0.3 is 0 Å². The van der Waals surface area contributed by atoms with Crippen LogP contribution in [0.2, 0.25) is 0 Å². The van der Waals surface area contributed by atoms with Crippen molar-refractivity contribution in [2.45, 2.75) is 43.0 Å². The summed E-state index contributed by atoms with van der Waals surface area (Å²) in [5, 5.41) is 0. The molecule has 3 nitrogen and oxygen atoms in total. The largest absolute Gasteiger partial charge is 0.247 e. The minimum Gasteiger partial charge on any atom is -0.207 e. The second kappa shape index (κ2) is 5.59. The van der Waals surface area contributed by atoms with E-state index in [9.17, 15) is 17.2 Å². The zero-order chi connectivity index (χ0) is 15.2. The number of hydrogen-bond donors (Lipinski definition) is 0. The molecular formula is C14H16BrF2NO2S. The predicted molar refractivity (Wildman–Crippen MR) is 78.3 cm³/mol. The predicted octanol–water partition coefficient (Wildman–Crippen LogP) is 3.68. The van der Waals surface area contributed by atoms with Crippen LogP contribution in [0.3, 0.4) is 0 Å². The monoisotopic (exact) mass is 379 g/mol. The van der Waals surface area contributed by atoms with Gasteiger partial charge in [0.2, 0.25) is 10.0 Å². The molecule has 21 heavy (non-hydrogen) atoms. The van der Waals surface area contributed by atoms with Gasteiger partial charge in [-0.05, 0) is 53.6 Å². The van der Waals surface area contributed by atoms with E-state index in [1.807, 2.05) is 0 Å². The first-order valence-corrected chi connectivity index (χ1v) is 9.31. The van der Waals surface area contributed by atoms with Gasteiger partial charge in [0, 0.05) is 23.1 Å². The number of piperidine rings is 1. The van der Waals surface area contributed by atoms with E-state index >= 15 is 0 Å². The summed E-state index contributed by atoms with van der Waals surface area (Å²) < 4.78 is 54.2. The maximum Gasteiger partial charge on any atom is 0.247 e. The van der Waals surface area contributed by atoms with Crippen molar-refractivity contribution in [2.24, 2.45) is 5.92 Å². The Kier molecular flexibility index (Phi) is 4.09. The molecule has 0 radical (unpaired) electrons. The molecule has 2 unspecified atom stereocenters. The lowest BCUT2D eigenvalue weighted by molar-refractivity contribution is 0.201. The molecule has 0 amide bonds. The average Bonchev–Trinajstić information content (AvgIpc) is 2.84. The molecule has 1 aliphatic heterocycles. The van der Waals surface area contributed by atoms with E-state index in [-0.39, 0.29) is 10.5 Å². The molecule has 1 saturated carbocycles. The Balaban J connectivity index is 2.04. The van der Waals surface area contributed by atoms with Gasteiger partial charge >= 0.3 is 0 Å². The number of halogens is 3. The molecule has 2 atom stereocenters. The van der Waals surface area contributed by atoms with Crippen molar-refractivity contribution in [1.82, 2.24) is 4.31 Å². The maximum atomic E-state index is 14.0. The highest BCUT2D eigenvalue weighted by Gasteiger charge is 2.42. The fraction of sp³-hybridized carbons (Fsp3) is 0.571. The van der Waals surface area contributed by atoms with Crippen molar-refractivity contribution in [2.75, 3.05) is 6.54 Å². The maximum absolute atomic E-state index is 14.0. The number of nitrogens with zero attached hydrogens (tertiary/aromatic N) is 1. The van der Waals surface area contributed by atoms with Gasteiger partial charge in [0.05, 0.1) is 0 Å². The Bertz CT molecular complexity index is 642. The van der Waals surface area contributed by atoms with Crippen molar-refractivity contribution < 1.29 is 17.2 Å². The molecule has 1 heterocycles. The summed E-state index contributed by atoms with van der Waals surface area (Å²) in [6, 6.07) is 1.57. The molecule has 0 N–H and O–H groups in total. The van der Waals surface area contributed by atoms with Crippen LogP contribution in [-0.4, -0.2) is 25.3 Å². The number of benzene rings is 1. The lowest BCUT2D eigenvalue weighted by atomic mass is 9.94. The van der Waals surface area contributed by atoms with Crippen LogP contribution in [0.25, 0.3) is 0 Å². The zero-order valence-corrected chi connectivity index (χ0v) is 13.8. The summed E-state index contributed by atoms with van der Waals surface area (Å²) in [5.41, 5.74) is 0. The van der Waals surface area contributed by atoms with Gasteiger partial charge in [-0.1, -0.05) is 6.42 Å². The number of hydrogen-bond acceptors (Lipinski definition) is 2. The van der Waals surface area contributed by atoms with Crippen molar-refractivity contribution in [1.29, 1.82) is 0 Å². The molecule has 1 saturated heterocycles. The minimum atomic E-state index is -3.95. The first-order valence-electron chi connectivity index (χ1n) is 7.07. The minimum absolute atomic E-state index is 0.0416. The highest BCUT2D eigenvalue weighted by atomic mass is 79.9. The van der Waals surface area contributed by atoms with E-state index in [4.69, 9.17) is 0 Å². The third-order valence-corrected chi connectivity index (χ3v) is 7.36. The second-order valence-corrected chi connectivity index (χ2v) is 8.40. The Morgan fingerprint density at radius 1 is 1.14 bits per heavy atom. The molecule has 1 aliphatic carbocycles. The average molecular weight is 380 g/mol. The zero-order valence-electron chi connectivity index (χ0n) is 11.4. The smallest absolute Gasteiger partial charge is 0.207 e. The van der Waals surface area contributed by atoms with E-state index in [0.717, 1.165) is 38.2 Å². The molecule has 0 bridgehead atoms. The number of sulfonamides is 1. The highest BCUT2D eigenvalue weighted by Crippen LogP contribution is 2.40. The standard InChI is InChI=1S/C14H16BrF2NO2S/c15-11-7-10(16)8-12(17)14(11)21(19,20)18-6-2-4-9-3-1-5-13(9)18/h7-9,13H,1-6H2. The van der Waals surface area contributed by atoms with E-state index in [1.54, 1.807) is 0 Å². The Labute approximate surface area is 131 Å². The SMILES string of the molecule is O=S(=O)(c1c(F)cc(F)cc1Br)N1CCCC2CCCC21. The first kappa shape index (κ1) is 15.4. The van der Waals surface area contributed by atoms with Gasteiger partial charge in [0.15, 0.2) is 0 Å². The summed E-state index contributed by atoms with van der Waals surface area (Å²) in [6.45, 7) is 0.409. The van der Waals surface area contributed by atoms with Crippen LogP contribution in [0, 0.1) is 17.6 Å². The van der Waals surface area contributed by atoms with Crippen LogP contribution in [-0.2, 0) is 10.0 Å². The van der Waals surface area contributed by atoms with Crippen molar-refractivity contribution in [3.8, 4) is 0 Å². The van der Waals surface area contributed by atoms with E-state index in [2.05, 4.69) is 15.9 Å². The van der Waals surface area contributed by atoms with Gasteiger partial charge in [-0.2, -0.15) is 4.31 Å². The van der Waals surface area contributed by atoms with Gasteiger partial charge in [-0.15, -0.1) is 0 Å². The van der Waals surface area contributed by atoms with Crippen LogP contribution in [0.4, 0.5) is 8.78 Å². The Hall–Kier alpha value is -0.530. The third kappa shape index (κ3) is 2.64. The van der Waals surface area contributed by atoms with Crippen LogP contribution >= 0.6 is 15.9 Å². The van der Waals surface area contributed by atoms with E-state index in [1.165, 1.54) is 4.31 Å². The summed E-state index contributed by atoms with van der Waals surface area (Å²) in [5.74, 6) is -1.46. The summed E-state index contributed by atoms with van der Waals surface area (Å²) in [4.78, 5) is -0.448. The van der Waals surface area contributed by atoms with Gasteiger partial charge in [-0.25, -0.2) is 17.2 Å². The molecule has 116 valence electrons. The Morgan fingerprint density at radius 3 is 2.57 bits per heavy atom. The lowest BCUT2D eigenvalue weighted by Gasteiger charge is -2.36. The van der Waals surface area contributed by atoms with Gasteiger partial charge in [0.1, 0.15) is 16.5 Å². The second-order valence-electron chi connectivity index (χ2n) is 5.71. The molecule has 2 aliphatic rings. The van der Waals surface area contributed by atoms with Crippen molar-refractivity contribution >= 4 is 26.0 Å². The van der Waals surface area contributed by atoms with Crippen LogP contribution in [0.5, 0.6) is 0 Å². The van der Waals surface area contributed by atoms with Crippen molar-refractivity contribution in [3.05, 3.63) is 28.2 Å².